The van der Waals surface area contributed by atoms with E-state index in [0.717, 1.165) is 11.0 Å². The molecule has 2 aromatic heterocycles. The van der Waals surface area contributed by atoms with Crippen LogP contribution in [0.1, 0.15) is 19.2 Å². The van der Waals surface area contributed by atoms with Crippen molar-refractivity contribution in [2.45, 2.75) is 26.3 Å². The van der Waals surface area contributed by atoms with Crippen LogP contribution in [0.4, 0.5) is 0 Å². The number of aromatic amines is 1. The summed E-state index contributed by atoms with van der Waals surface area (Å²) in [5.74, 6) is 0.695. The molecule has 98 valence electrons. The van der Waals surface area contributed by atoms with Crippen LogP contribution >= 0.6 is 0 Å². The molecule has 0 aliphatic heterocycles. The van der Waals surface area contributed by atoms with Gasteiger partial charge in [0.15, 0.2) is 5.65 Å². The van der Waals surface area contributed by atoms with Crippen LogP contribution in [0.25, 0.3) is 11.2 Å². The highest BCUT2D eigenvalue weighted by Gasteiger charge is 2.14. The van der Waals surface area contributed by atoms with Crippen LogP contribution in [0.15, 0.2) is 9.59 Å². The van der Waals surface area contributed by atoms with Gasteiger partial charge in [0, 0.05) is 20.0 Å². The first kappa shape index (κ1) is 12.6. The molecule has 0 spiro atoms. The summed E-state index contributed by atoms with van der Waals surface area (Å²) >= 11 is 0. The molecule has 0 aliphatic rings. The fraction of sp³-hybridized carbons (Fsp3) is 0.545. The molecular formula is C11H17N5O2. The molecule has 7 heteroatoms. The highest BCUT2D eigenvalue weighted by Crippen LogP contribution is 2.06. The Morgan fingerprint density at radius 1 is 1.39 bits per heavy atom. The van der Waals surface area contributed by atoms with Gasteiger partial charge in [-0.15, -0.1) is 0 Å². The summed E-state index contributed by atoms with van der Waals surface area (Å²) in [7, 11) is 1.47. The van der Waals surface area contributed by atoms with Crippen molar-refractivity contribution in [1.82, 2.24) is 19.1 Å². The number of hydrogen-bond acceptors (Lipinski definition) is 4. The molecule has 0 saturated carbocycles. The lowest BCUT2D eigenvalue weighted by Gasteiger charge is -2.04. The van der Waals surface area contributed by atoms with Gasteiger partial charge in [-0.25, -0.2) is 9.78 Å². The molecule has 2 aromatic rings. The molecule has 18 heavy (non-hydrogen) atoms. The molecule has 0 fully saturated rings. The quantitative estimate of drug-likeness (QED) is 0.753. The first-order chi connectivity index (χ1) is 8.60. The summed E-state index contributed by atoms with van der Waals surface area (Å²) in [5.41, 5.74) is 5.57. The number of hydrogen-bond donors (Lipinski definition) is 2. The van der Waals surface area contributed by atoms with Crippen molar-refractivity contribution < 1.29 is 0 Å². The van der Waals surface area contributed by atoms with Gasteiger partial charge in [-0.3, -0.25) is 13.9 Å². The lowest BCUT2D eigenvalue weighted by Crippen LogP contribution is -2.37. The lowest BCUT2D eigenvalue weighted by atomic mass is 10.3. The summed E-state index contributed by atoms with van der Waals surface area (Å²) in [6.07, 6.45) is 1.46. The van der Waals surface area contributed by atoms with Gasteiger partial charge in [-0.05, 0) is 19.9 Å². The van der Waals surface area contributed by atoms with Crippen molar-refractivity contribution in [1.29, 1.82) is 0 Å². The van der Waals surface area contributed by atoms with E-state index in [1.165, 1.54) is 11.6 Å². The average Bonchev–Trinajstić information content (AvgIpc) is 2.78. The number of aryl methyl sites for hydroxylation is 2. The SMILES string of the molecule is CCn1c(=O)n(C)c(=O)c2[nH]c(CCCN)nc21. The Kier molecular flexibility index (Phi) is 3.33. The number of nitrogens with zero attached hydrogens (tertiary/aromatic N) is 3. The minimum atomic E-state index is -0.341. The Bertz CT molecular complexity index is 679. The molecule has 0 saturated heterocycles. The number of H-pyrrole nitrogens is 1. The van der Waals surface area contributed by atoms with E-state index in [2.05, 4.69) is 9.97 Å². The molecule has 0 unspecified atom stereocenters. The Hall–Kier alpha value is -1.89. The highest BCUT2D eigenvalue weighted by molar-refractivity contribution is 5.69. The Morgan fingerprint density at radius 3 is 2.72 bits per heavy atom. The van der Waals surface area contributed by atoms with Crippen molar-refractivity contribution in [3.8, 4) is 0 Å². The van der Waals surface area contributed by atoms with E-state index in [1.807, 2.05) is 6.92 Å². The number of fused-ring (bicyclic) bond motifs is 1. The molecule has 3 N–H and O–H groups in total. The van der Waals surface area contributed by atoms with E-state index < -0.39 is 0 Å². The first-order valence-electron chi connectivity index (χ1n) is 5.98. The van der Waals surface area contributed by atoms with Gasteiger partial charge in [0.1, 0.15) is 11.3 Å². The summed E-state index contributed by atoms with van der Waals surface area (Å²) in [6.45, 7) is 2.89. The Morgan fingerprint density at radius 2 is 2.11 bits per heavy atom. The molecule has 0 radical (unpaired) electrons. The number of aromatic nitrogens is 4. The largest absolute Gasteiger partial charge is 0.336 e. The number of imidazole rings is 1. The maximum absolute atomic E-state index is 12.0. The zero-order valence-corrected chi connectivity index (χ0v) is 10.6. The van der Waals surface area contributed by atoms with Gasteiger partial charge >= 0.3 is 5.69 Å². The van der Waals surface area contributed by atoms with E-state index in [1.54, 1.807) is 0 Å². The van der Waals surface area contributed by atoms with E-state index in [4.69, 9.17) is 5.73 Å². The van der Waals surface area contributed by atoms with Gasteiger partial charge in [-0.1, -0.05) is 0 Å². The Balaban J connectivity index is 2.71. The minimum absolute atomic E-state index is 0.341. The van der Waals surface area contributed by atoms with Crippen LogP contribution < -0.4 is 17.0 Å². The van der Waals surface area contributed by atoms with Gasteiger partial charge in [-0.2, -0.15) is 0 Å². The fourth-order valence-corrected chi connectivity index (χ4v) is 1.96. The maximum atomic E-state index is 12.0. The summed E-state index contributed by atoms with van der Waals surface area (Å²) < 4.78 is 2.58. The zero-order chi connectivity index (χ0) is 13.3. The number of nitrogens with one attached hydrogen (secondary N) is 1. The molecule has 0 aliphatic carbocycles. The predicted octanol–water partition coefficient (Wildman–Crippen LogP) is -0.665. The van der Waals surface area contributed by atoms with Gasteiger partial charge in [0.25, 0.3) is 5.56 Å². The molecular weight excluding hydrogens is 234 g/mol. The fourth-order valence-electron chi connectivity index (χ4n) is 1.96. The maximum Gasteiger partial charge on any atom is 0.332 e. The first-order valence-corrected chi connectivity index (χ1v) is 5.98. The van der Waals surface area contributed by atoms with E-state index in [-0.39, 0.29) is 11.2 Å². The third kappa shape index (κ3) is 1.86. The monoisotopic (exact) mass is 251 g/mol. The molecule has 0 bridgehead atoms. The molecule has 0 aromatic carbocycles. The third-order valence-electron chi connectivity index (χ3n) is 2.96. The molecule has 2 rings (SSSR count). The summed E-state index contributed by atoms with van der Waals surface area (Å²) in [5, 5.41) is 0. The topological polar surface area (TPSA) is 98.7 Å². The zero-order valence-electron chi connectivity index (χ0n) is 10.6. The molecule has 0 atom stereocenters. The van der Waals surface area contributed by atoms with Crippen molar-refractivity contribution in [3.05, 3.63) is 26.7 Å². The van der Waals surface area contributed by atoms with Crippen molar-refractivity contribution in [2.24, 2.45) is 12.8 Å². The van der Waals surface area contributed by atoms with Gasteiger partial charge in [0.05, 0.1) is 0 Å². The second-order valence-electron chi connectivity index (χ2n) is 4.17. The summed E-state index contributed by atoms with van der Waals surface area (Å²) in [4.78, 5) is 31.2. The van der Waals surface area contributed by atoms with Crippen molar-refractivity contribution in [2.75, 3.05) is 6.54 Å². The van der Waals surface area contributed by atoms with Gasteiger partial charge < -0.3 is 10.7 Å². The second-order valence-corrected chi connectivity index (χ2v) is 4.17. The lowest BCUT2D eigenvalue weighted by molar-refractivity contribution is 0.652. The average molecular weight is 251 g/mol. The summed E-state index contributed by atoms with van der Waals surface area (Å²) in [6, 6.07) is 0. The van der Waals surface area contributed by atoms with Crippen LogP contribution in [-0.4, -0.2) is 25.6 Å². The molecule has 0 amide bonds. The number of rotatable bonds is 4. The third-order valence-corrected chi connectivity index (χ3v) is 2.96. The second kappa shape index (κ2) is 4.77. The van der Waals surface area contributed by atoms with Crippen LogP contribution in [0.5, 0.6) is 0 Å². The van der Waals surface area contributed by atoms with Crippen LogP contribution in [0, 0.1) is 0 Å². The van der Waals surface area contributed by atoms with Crippen LogP contribution in [-0.2, 0) is 20.0 Å². The molecule has 7 nitrogen and oxygen atoms in total. The van der Waals surface area contributed by atoms with Crippen molar-refractivity contribution in [3.63, 3.8) is 0 Å². The molecule has 2 heterocycles. The number of nitrogens with two attached hydrogens (primary N) is 1. The smallest absolute Gasteiger partial charge is 0.332 e. The predicted molar refractivity (Wildman–Crippen MR) is 68.6 cm³/mol. The van der Waals surface area contributed by atoms with Gasteiger partial charge in [0.2, 0.25) is 0 Å². The van der Waals surface area contributed by atoms with E-state index in [9.17, 15) is 9.59 Å². The van der Waals surface area contributed by atoms with Crippen LogP contribution in [0.3, 0.4) is 0 Å². The normalized spacial score (nSPS) is 11.3. The van der Waals surface area contributed by atoms with E-state index in [0.29, 0.717) is 36.5 Å². The Labute approximate surface area is 103 Å². The standard InChI is InChI=1S/C11H17N5O2/c1-3-16-9-8(10(17)15(2)11(16)18)13-7(14-9)5-4-6-12/h3-6,12H2,1-2H3,(H,13,14). The minimum Gasteiger partial charge on any atom is -0.336 e. The van der Waals surface area contributed by atoms with E-state index >= 15 is 0 Å². The van der Waals surface area contributed by atoms with Crippen molar-refractivity contribution >= 4 is 11.2 Å². The van der Waals surface area contributed by atoms with Crippen LogP contribution in [0.2, 0.25) is 0 Å². The highest BCUT2D eigenvalue weighted by atomic mass is 16.2.